The van der Waals surface area contributed by atoms with E-state index in [0.717, 1.165) is 6.54 Å². The lowest BCUT2D eigenvalue weighted by molar-refractivity contribution is 0.0346. The second-order valence-electron chi connectivity index (χ2n) is 10.0. The maximum absolute atomic E-state index is 13.6. The van der Waals surface area contributed by atoms with Gasteiger partial charge in [0.2, 0.25) is 0 Å². The van der Waals surface area contributed by atoms with Gasteiger partial charge in [0, 0.05) is 30.6 Å². The smallest absolute Gasteiger partial charge is 0.262 e. The molecular weight excluding hydrogens is 502 g/mol. The van der Waals surface area contributed by atoms with Crippen LogP contribution < -0.4 is 9.46 Å². The number of hydrogen-bond donors (Lipinski definition) is 2. The van der Waals surface area contributed by atoms with E-state index in [1.807, 2.05) is 6.92 Å². The lowest BCUT2D eigenvalue weighted by Gasteiger charge is -2.38. The van der Waals surface area contributed by atoms with E-state index in [-0.39, 0.29) is 46.4 Å². The highest BCUT2D eigenvalue weighted by Gasteiger charge is 2.35. The molecule has 1 aliphatic heterocycles. The van der Waals surface area contributed by atoms with Gasteiger partial charge >= 0.3 is 0 Å². The van der Waals surface area contributed by atoms with Gasteiger partial charge in [-0.3, -0.25) is 9.52 Å². The number of halogens is 1. The van der Waals surface area contributed by atoms with Crippen molar-refractivity contribution in [3.05, 3.63) is 53.1 Å². The van der Waals surface area contributed by atoms with Crippen LogP contribution in [0.3, 0.4) is 0 Å². The zero-order valence-electron chi connectivity index (χ0n) is 20.9. The minimum Gasteiger partial charge on any atom is -0.486 e. The molecule has 0 spiro atoms. The van der Waals surface area contributed by atoms with Gasteiger partial charge in [0.05, 0.1) is 28.8 Å². The molecule has 0 saturated heterocycles. The monoisotopic (exact) mass is 535 g/mol. The van der Waals surface area contributed by atoms with Crippen molar-refractivity contribution in [2.45, 2.75) is 43.7 Å². The summed E-state index contributed by atoms with van der Waals surface area (Å²) in [6.07, 6.45) is 2.18. The largest absolute Gasteiger partial charge is 0.486 e. The van der Waals surface area contributed by atoms with Crippen LogP contribution in [0.5, 0.6) is 5.75 Å². The molecule has 2 aromatic carbocycles. The zero-order valence-corrected chi connectivity index (χ0v) is 22.4. The topological polar surface area (TPSA) is 99.2 Å². The number of para-hydroxylation sites is 1. The fourth-order valence-corrected chi connectivity index (χ4v) is 5.67. The third kappa shape index (κ3) is 6.14. The van der Waals surface area contributed by atoms with Crippen LogP contribution in [0.25, 0.3) is 0 Å². The van der Waals surface area contributed by atoms with Crippen LogP contribution in [0.15, 0.2) is 47.4 Å². The maximum Gasteiger partial charge on any atom is 0.262 e. The maximum atomic E-state index is 13.6. The normalized spacial score (nSPS) is 21.4. The number of aliphatic hydroxyl groups is 1. The van der Waals surface area contributed by atoms with Crippen molar-refractivity contribution < 1.29 is 23.1 Å². The molecule has 4 rings (SSSR count). The second-order valence-corrected chi connectivity index (χ2v) is 12.1. The van der Waals surface area contributed by atoms with E-state index in [9.17, 15) is 18.3 Å². The van der Waals surface area contributed by atoms with Gasteiger partial charge < -0.3 is 19.6 Å². The first-order valence-electron chi connectivity index (χ1n) is 12.3. The molecule has 1 aliphatic carbocycles. The number of nitrogens with one attached hydrogen (secondary N) is 1. The fourth-order valence-electron chi connectivity index (χ4n) is 4.48. The Morgan fingerprint density at radius 2 is 1.89 bits per heavy atom. The molecule has 1 amide bonds. The Morgan fingerprint density at radius 3 is 2.53 bits per heavy atom. The van der Waals surface area contributed by atoms with Crippen molar-refractivity contribution in [2.24, 2.45) is 11.8 Å². The van der Waals surface area contributed by atoms with Crippen molar-refractivity contribution >= 4 is 33.2 Å². The Bertz CT molecular complexity index is 1190. The van der Waals surface area contributed by atoms with Gasteiger partial charge in [-0.1, -0.05) is 24.6 Å². The molecule has 36 heavy (non-hydrogen) atoms. The summed E-state index contributed by atoms with van der Waals surface area (Å²) in [5.74, 6) is 0.543. The molecule has 3 atom stereocenters. The molecule has 0 bridgehead atoms. The summed E-state index contributed by atoms with van der Waals surface area (Å²) < 4.78 is 35.4. The zero-order chi connectivity index (χ0) is 26.0. The van der Waals surface area contributed by atoms with Gasteiger partial charge in [-0.25, -0.2) is 8.42 Å². The van der Waals surface area contributed by atoms with Crippen LogP contribution >= 0.6 is 11.6 Å². The number of amides is 1. The molecule has 1 fully saturated rings. The molecule has 2 N–H and O–H groups in total. The van der Waals surface area contributed by atoms with Crippen molar-refractivity contribution in [3.63, 3.8) is 0 Å². The van der Waals surface area contributed by atoms with Crippen molar-refractivity contribution in [2.75, 3.05) is 38.0 Å². The number of sulfonamides is 1. The average molecular weight is 536 g/mol. The molecule has 2 aliphatic rings. The van der Waals surface area contributed by atoms with E-state index in [1.54, 1.807) is 30.0 Å². The van der Waals surface area contributed by atoms with Crippen molar-refractivity contribution in [1.82, 2.24) is 9.80 Å². The molecule has 0 unspecified atom stereocenters. The number of fused-ring (bicyclic) bond motifs is 1. The molecule has 10 heteroatoms. The average Bonchev–Trinajstić information content (AvgIpc) is 3.65. The van der Waals surface area contributed by atoms with Crippen LogP contribution in [-0.4, -0.2) is 74.7 Å². The number of aliphatic hydroxyl groups excluding tert-OH is 1. The molecule has 1 heterocycles. The Balaban J connectivity index is 1.72. The SMILES string of the molecule is C[C@H](CO)N1C[C@H](C)[C@H](CN(C)CC2CC2)Oc2c(NS(=O)(=O)c3ccc(Cl)cc3)cccc2C1=O. The Morgan fingerprint density at radius 1 is 1.19 bits per heavy atom. The summed E-state index contributed by atoms with van der Waals surface area (Å²) in [5, 5.41) is 10.3. The van der Waals surface area contributed by atoms with E-state index in [0.29, 0.717) is 24.0 Å². The molecular formula is C26H34ClN3O5S. The molecule has 8 nitrogen and oxygen atoms in total. The number of carbonyl (C=O) groups is 1. The number of anilines is 1. The first-order chi connectivity index (χ1) is 17.1. The second kappa shape index (κ2) is 11.0. The Labute approximate surface area is 218 Å². The van der Waals surface area contributed by atoms with Gasteiger partial charge in [0.15, 0.2) is 5.75 Å². The van der Waals surface area contributed by atoms with Crippen molar-refractivity contribution in [1.29, 1.82) is 0 Å². The first kappa shape index (κ1) is 26.7. The number of ether oxygens (including phenoxy) is 1. The van der Waals surface area contributed by atoms with Crippen molar-refractivity contribution in [3.8, 4) is 5.75 Å². The summed E-state index contributed by atoms with van der Waals surface area (Å²) in [6.45, 7) is 5.66. The molecule has 0 radical (unpaired) electrons. The number of nitrogens with zero attached hydrogens (tertiary/aromatic N) is 2. The summed E-state index contributed by atoms with van der Waals surface area (Å²) in [6, 6.07) is 10.3. The highest BCUT2D eigenvalue weighted by atomic mass is 35.5. The van der Waals surface area contributed by atoms with Gasteiger partial charge in [0.25, 0.3) is 15.9 Å². The molecule has 2 aromatic rings. The van der Waals surface area contributed by atoms with Crippen LogP contribution in [0.4, 0.5) is 5.69 Å². The minimum absolute atomic E-state index is 0.0475. The van der Waals surface area contributed by atoms with Crippen LogP contribution in [0.2, 0.25) is 5.02 Å². The number of likely N-dealkylation sites (N-methyl/N-ethyl adjacent to an activating group) is 1. The predicted molar refractivity (Wildman–Crippen MR) is 140 cm³/mol. The number of benzene rings is 2. The lowest BCUT2D eigenvalue weighted by Crippen LogP contribution is -2.50. The van der Waals surface area contributed by atoms with Gasteiger partial charge in [-0.2, -0.15) is 0 Å². The standard InChI is InChI=1S/C26H34ClN3O5S/c1-17-13-30(18(2)16-31)26(32)22-5-4-6-23(28-36(33,34)21-11-9-20(27)10-12-21)25(22)35-24(17)15-29(3)14-19-7-8-19/h4-6,9-12,17-19,24,28,31H,7-8,13-16H2,1-3H3/t17-,18+,24-/m0/s1. The number of hydrogen-bond acceptors (Lipinski definition) is 6. The highest BCUT2D eigenvalue weighted by Crippen LogP contribution is 2.36. The van der Waals surface area contributed by atoms with E-state index < -0.39 is 16.1 Å². The quantitative estimate of drug-likeness (QED) is 0.508. The summed E-state index contributed by atoms with van der Waals surface area (Å²) in [5.41, 5.74) is 0.449. The van der Waals surface area contributed by atoms with E-state index in [1.165, 1.54) is 37.1 Å². The summed E-state index contributed by atoms with van der Waals surface area (Å²) in [7, 11) is -1.90. The fraction of sp³-hybridized carbons (Fsp3) is 0.500. The van der Waals surface area contributed by atoms with E-state index in [4.69, 9.17) is 16.3 Å². The van der Waals surface area contributed by atoms with Crippen LogP contribution in [-0.2, 0) is 10.0 Å². The van der Waals surface area contributed by atoms with Gasteiger partial charge in [-0.15, -0.1) is 0 Å². The van der Waals surface area contributed by atoms with Gasteiger partial charge in [-0.05, 0) is 69.1 Å². The Kier molecular flexibility index (Phi) is 8.14. The molecule has 0 aromatic heterocycles. The van der Waals surface area contributed by atoms with E-state index >= 15 is 0 Å². The lowest BCUT2D eigenvalue weighted by atomic mass is 9.99. The molecule has 196 valence electrons. The minimum atomic E-state index is -3.96. The van der Waals surface area contributed by atoms with Gasteiger partial charge in [0.1, 0.15) is 6.10 Å². The third-order valence-electron chi connectivity index (χ3n) is 6.82. The third-order valence-corrected chi connectivity index (χ3v) is 8.45. The summed E-state index contributed by atoms with van der Waals surface area (Å²) in [4.78, 5) is 17.5. The first-order valence-corrected chi connectivity index (χ1v) is 14.1. The number of carbonyl (C=O) groups excluding carboxylic acids is 1. The van der Waals surface area contributed by atoms with E-state index in [2.05, 4.69) is 16.7 Å². The number of rotatable bonds is 9. The highest BCUT2D eigenvalue weighted by molar-refractivity contribution is 7.92. The Hall–Kier alpha value is -2.33. The summed E-state index contributed by atoms with van der Waals surface area (Å²) >= 11 is 5.92. The van der Waals surface area contributed by atoms with Crippen LogP contribution in [0, 0.1) is 11.8 Å². The molecule has 1 saturated carbocycles. The van der Waals surface area contributed by atoms with Crippen LogP contribution in [0.1, 0.15) is 37.0 Å². The predicted octanol–water partition coefficient (Wildman–Crippen LogP) is 3.70.